The van der Waals surface area contributed by atoms with Gasteiger partial charge in [-0.05, 0) is 17.7 Å². The first-order valence-electron chi connectivity index (χ1n) is 7.05. The molecule has 0 unspecified atom stereocenters. The Bertz CT molecular complexity index is 627. The topological polar surface area (TPSA) is 79.0 Å². The van der Waals surface area contributed by atoms with Crippen molar-refractivity contribution in [2.45, 2.75) is 11.4 Å². The van der Waals surface area contributed by atoms with Crippen LogP contribution in [-0.4, -0.2) is 62.3 Å². The molecule has 0 aliphatic carbocycles. The van der Waals surface area contributed by atoms with Crippen LogP contribution in [0.15, 0.2) is 34.2 Å². The zero-order valence-corrected chi connectivity index (χ0v) is 17.3. The summed E-state index contributed by atoms with van der Waals surface area (Å²) in [4.78, 5) is 6.76. The van der Waals surface area contributed by atoms with Crippen LogP contribution in [0.3, 0.4) is 0 Å². The summed E-state index contributed by atoms with van der Waals surface area (Å²) in [6.07, 6.45) is 0. The standard InChI is InChI=1S/C14H22N4O2S2.HI/c1-17(2)22(19,20)13-5-3-12(4-6-13)11-16-14(15)18-7-9-21-10-8-18;/h3-6H,7-11H2,1-2H3,(H2,15,16);1H. The first kappa shape index (κ1) is 20.5. The molecular formula is C14H23IN4O2S2. The number of nitrogens with zero attached hydrogens (tertiary/aromatic N) is 3. The zero-order valence-electron chi connectivity index (χ0n) is 13.3. The van der Waals surface area contributed by atoms with E-state index in [0.29, 0.717) is 12.5 Å². The van der Waals surface area contributed by atoms with E-state index in [-0.39, 0.29) is 28.9 Å². The Morgan fingerprint density at radius 1 is 1.26 bits per heavy atom. The van der Waals surface area contributed by atoms with Crippen molar-refractivity contribution in [3.05, 3.63) is 29.8 Å². The Balaban J connectivity index is 0.00000264. The molecule has 0 aromatic heterocycles. The highest BCUT2D eigenvalue weighted by Crippen LogP contribution is 2.15. The van der Waals surface area contributed by atoms with Crippen molar-refractivity contribution in [3.8, 4) is 0 Å². The van der Waals surface area contributed by atoms with Crippen LogP contribution in [0.2, 0.25) is 0 Å². The van der Waals surface area contributed by atoms with Crippen molar-refractivity contribution in [2.24, 2.45) is 10.7 Å². The van der Waals surface area contributed by atoms with Gasteiger partial charge in [0.2, 0.25) is 10.0 Å². The maximum atomic E-state index is 12.0. The number of sulfonamides is 1. The highest BCUT2D eigenvalue weighted by atomic mass is 127. The van der Waals surface area contributed by atoms with E-state index in [9.17, 15) is 8.42 Å². The minimum Gasteiger partial charge on any atom is -0.370 e. The van der Waals surface area contributed by atoms with Gasteiger partial charge in [-0.15, -0.1) is 24.0 Å². The van der Waals surface area contributed by atoms with Crippen LogP contribution in [-0.2, 0) is 16.6 Å². The molecule has 1 heterocycles. The van der Waals surface area contributed by atoms with Crippen molar-refractivity contribution in [2.75, 3.05) is 38.7 Å². The van der Waals surface area contributed by atoms with Gasteiger partial charge >= 0.3 is 0 Å². The zero-order chi connectivity index (χ0) is 16.2. The second-order valence-electron chi connectivity index (χ2n) is 5.21. The third-order valence-electron chi connectivity index (χ3n) is 3.46. The van der Waals surface area contributed by atoms with Gasteiger partial charge in [-0.1, -0.05) is 12.1 Å². The number of hydrogen-bond donors (Lipinski definition) is 1. The van der Waals surface area contributed by atoms with Gasteiger partial charge in [0.25, 0.3) is 0 Å². The van der Waals surface area contributed by atoms with Gasteiger partial charge in [0, 0.05) is 38.7 Å². The quantitative estimate of drug-likeness (QED) is 0.409. The smallest absolute Gasteiger partial charge is 0.242 e. The number of hydrogen-bond acceptors (Lipinski definition) is 4. The van der Waals surface area contributed by atoms with Crippen molar-refractivity contribution < 1.29 is 8.42 Å². The predicted molar refractivity (Wildman–Crippen MR) is 107 cm³/mol. The average molecular weight is 470 g/mol. The lowest BCUT2D eigenvalue weighted by Crippen LogP contribution is -2.42. The van der Waals surface area contributed by atoms with E-state index in [1.165, 1.54) is 18.4 Å². The van der Waals surface area contributed by atoms with E-state index in [1.54, 1.807) is 24.3 Å². The Labute approximate surface area is 159 Å². The maximum Gasteiger partial charge on any atom is 0.242 e. The molecule has 130 valence electrons. The predicted octanol–water partition coefficient (Wildman–Crippen LogP) is 1.42. The molecule has 6 nitrogen and oxygen atoms in total. The lowest BCUT2D eigenvalue weighted by molar-refractivity contribution is 0.455. The van der Waals surface area contributed by atoms with E-state index in [0.717, 1.165) is 30.2 Å². The van der Waals surface area contributed by atoms with Crippen molar-refractivity contribution in [1.29, 1.82) is 0 Å². The van der Waals surface area contributed by atoms with Crippen molar-refractivity contribution >= 4 is 51.7 Å². The minimum absolute atomic E-state index is 0. The lowest BCUT2D eigenvalue weighted by Gasteiger charge is -2.27. The number of aliphatic imine (C=N–C) groups is 1. The molecule has 9 heteroatoms. The summed E-state index contributed by atoms with van der Waals surface area (Å²) >= 11 is 1.92. The Kier molecular flexibility index (Phi) is 8.11. The summed E-state index contributed by atoms with van der Waals surface area (Å²) in [7, 11) is -0.342. The van der Waals surface area contributed by atoms with Gasteiger partial charge in [-0.2, -0.15) is 11.8 Å². The third kappa shape index (κ3) is 5.50. The molecule has 0 bridgehead atoms. The second kappa shape index (κ2) is 9.09. The van der Waals surface area contributed by atoms with Gasteiger partial charge in [-0.25, -0.2) is 17.7 Å². The van der Waals surface area contributed by atoms with Crippen molar-refractivity contribution in [3.63, 3.8) is 0 Å². The molecule has 0 atom stereocenters. The molecule has 1 aromatic carbocycles. The van der Waals surface area contributed by atoms with Gasteiger partial charge in [0.1, 0.15) is 0 Å². The lowest BCUT2D eigenvalue weighted by atomic mass is 10.2. The van der Waals surface area contributed by atoms with Crippen LogP contribution >= 0.6 is 35.7 Å². The first-order valence-corrected chi connectivity index (χ1v) is 9.65. The highest BCUT2D eigenvalue weighted by Gasteiger charge is 2.16. The summed E-state index contributed by atoms with van der Waals surface area (Å²) in [5, 5.41) is 0. The molecule has 2 rings (SSSR count). The molecule has 0 radical (unpaired) electrons. The number of halogens is 1. The molecule has 1 aromatic rings. The summed E-state index contributed by atoms with van der Waals surface area (Å²) in [5.74, 6) is 2.71. The minimum atomic E-state index is -3.38. The summed E-state index contributed by atoms with van der Waals surface area (Å²) in [6.45, 7) is 2.32. The molecule has 1 aliphatic heterocycles. The largest absolute Gasteiger partial charge is 0.370 e. The van der Waals surface area contributed by atoms with Gasteiger partial charge in [-0.3, -0.25) is 0 Å². The third-order valence-corrected chi connectivity index (χ3v) is 6.23. The van der Waals surface area contributed by atoms with E-state index >= 15 is 0 Å². The Morgan fingerprint density at radius 2 is 1.83 bits per heavy atom. The molecule has 2 N–H and O–H groups in total. The molecule has 0 saturated carbocycles. The maximum absolute atomic E-state index is 12.0. The van der Waals surface area contributed by atoms with Crippen LogP contribution in [0, 0.1) is 0 Å². The van der Waals surface area contributed by atoms with Gasteiger partial charge in [0.15, 0.2) is 5.96 Å². The number of nitrogens with two attached hydrogens (primary N) is 1. The highest BCUT2D eigenvalue weighted by molar-refractivity contribution is 14.0. The van der Waals surface area contributed by atoms with E-state index in [1.807, 2.05) is 11.8 Å². The summed E-state index contributed by atoms with van der Waals surface area (Å²) in [6, 6.07) is 6.76. The van der Waals surface area contributed by atoms with Crippen LogP contribution in [0.4, 0.5) is 0 Å². The Morgan fingerprint density at radius 3 is 2.35 bits per heavy atom. The monoisotopic (exact) mass is 470 g/mol. The fourth-order valence-corrected chi connectivity index (χ4v) is 3.85. The molecule has 1 aliphatic rings. The number of rotatable bonds is 4. The molecule has 0 spiro atoms. The van der Waals surface area contributed by atoms with E-state index < -0.39 is 10.0 Å². The summed E-state index contributed by atoms with van der Waals surface area (Å²) in [5.41, 5.74) is 6.94. The molecular weight excluding hydrogens is 447 g/mol. The molecule has 23 heavy (non-hydrogen) atoms. The molecule has 1 fully saturated rings. The van der Waals surface area contributed by atoms with Crippen molar-refractivity contribution in [1.82, 2.24) is 9.21 Å². The second-order valence-corrected chi connectivity index (χ2v) is 8.58. The normalized spacial score (nSPS) is 16.3. The molecule has 1 saturated heterocycles. The van der Waals surface area contributed by atoms with Crippen LogP contribution < -0.4 is 5.73 Å². The number of benzene rings is 1. The van der Waals surface area contributed by atoms with Gasteiger partial charge < -0.3 is 10.6 Å². The van der Waals surface area contributed by atoms with Crippen LogP contribution in [0.25, 0.3) is 0 Å². The number of guanidine groups is 1. The number of thioether (sulfide) groups is 1. The van der Waals surface area contributed by atoms with Gasteiger partial charge in [0.05, 0.1) is 11.4 Å². The first-order chi connectivity index (χ1) is 10.4. The SMILES string of the molecule is CN(C)S(=O)(=O)c1ccc(CN=C(N)N2CCSCC2)cc1.I. The van der Waals surface area contributed by atoms with Crippen LogP contribution in [0.5, 0.6) is 0 Å². The van der Waals surface area contributed by atoms with E-state index in [4.69, 9.17) is 5.73 Å². The summed E-state index contributed by atoms with van der Waals surface area (Å²) < 4.78 is 25.2. The fourth-order valence-electron chi connectivity index (χ4n) is 2.04. The average Bonchev–Trinajstić information content (AvgIpc) is 2.53. The van der Waals surface area contributed by atoms with E-state index in [2.05, 4.69) is 9.89 Å². The van der Waals surface area contributed by atoms with Crippen LogP contribution in [0.1, 0.15) is 5.56 Å². The molecule has 0 amide bonds. The Hall–Kier alpha value is -0.520. The fraction of sp³-hybridized carbons (Fsp3) is 0.500.